The van der Waals surface area contributed by atoms with Crippen molar-refractivity contribution in [1.29, 1.82) is 0 Å². The molecule has 0 bridgehead atoms. The van der Waals surface area contributed by atoms with Crippen LogP contribution in [-0.2, 0) is 9.59 Å². The fraction of sp³-hybridized carbons (Fsp3) is 0.556. The number of rotatable bonds is 4. The van der Waals surface area contributed by atoms with Crippen LogP contribution in [-0.4, -0.2) is 59.6 Å². The van der Waals surface area contributed by atoms with Gasteiger partial charge >= 0.3 is 0 Å². The molecule has 0 atom stereocenters. The van der Waals surface area contributed by atoms with Crippen LogP contribution in [0.3, 0.4) is 0 Å². The van der Waals surface area contributed by atoms with Crippen molar-refractivity contribution in [2.75, 3.05) is 13.2 Å². The summed E-state index contributed by atoms with van der Waals surface area (Å²) in [4.78, 5) is 18.0. The second-order valence-electron chi connectivity index (χ2n) is 2.55. The molecule has 0 amide bonds. The van der Waals surface area contributed by atoms with E-state index in [1.54, 1.807) is 0 Å². The topological polar surface area (TPSA) is 115 Å². The third-order valence-corrected chi connectivity index (χ3v) is 2.41. The van der Waals surface area contributed by atoms with Crippen molar-refractivity contribution >= 4 is 44.7 Å². The zero-order chi connectivity index (χ0) is 15.1. The molecular formula is C9H16Cl2O6Si. The number of aliphatic hydroxyl groups is 2. The Morgan fingerprint density at radius 2 is 1.50 bits per heavy atom. The normalized spacial score (nSPS) is 9.83. The molecule has 0 aliphatic rings. The Balaban J connectivity index is -0.000000233. The summed E-state index contributed by atoms with van der Waals surface area (Å²) in [5, 5.41) is 32.6. The lowest BCUT2D eigenvalue weighted by molar-refractivity contribution is -0.135. The number of aliphatic hydroxyl groups excluding tert-OH is 2. The van der Waals surface area contributed by atoms with Gasteiger partial charge in [-0.05, 0) is 0 Å². The first-order valence-corrected chi connectivity index (χ1v) is 6.46. The number of carboxylic acid groups (broad SMARTS) is 2. The van der Waals surface area contributed by atoms with Crippen LogP contribution < -0.4 is 0 Å². The first-order chi connectivity index (χ1) is 8.17. The number of halogens is 2. The Hall–Kier alpha value is -0.603. The molecule has 0 saturated carbocycles. The molecule has 9 heteroatoms. The first kappa shape index (κ1) is 22.6. The van der Waals surface area contributed by atoms with Crippen molar-refractivity contribution in [3.8, 4) is 0 Å². The minimum Gasteiger partial charge on any atom is -0.481 e. The van der Waals surface area contributed by atoms with Crippen LogP contribution in [0.25, 0.3) is 0 Å². The maximum atomic E-state index is 9.00. The zero-order valence-corrected chi connectivity index (χ0v) is 12.4. The van der Waals surface area contributed by atoms with E-state index in [9.17, 15) is 0 Å². The molecule has 2 radical (unpaired) electrons. The van der Waals surface area contributed by atoms with Crippen molar-refractivity contribution in [3.05, 3.63) is 11.3 Å². The van der Waals surface area contributed by atoms with E-state index in [2.05, 4.69) is 0 Å². The van der Waals surface area contributed by atoms with E-state index in [1.165, 1.54) is 6.08 Å². The average molecular weight is 319 g/mol. The van der Waals surface area contributed by atoms with Crippen LogP contribution >= 0.6 is 23.2 Å². The summed E-state index contributed by atoms with van der Waals surface area (Å²) in [5.74, 6) is -1.67. The van der Waals surface area contributed by atoms with E-state index in [-0.39, 0.29) is 22.7 Å². The van der Waals surface area contributed by atoms with E-state index in [1.807, 2.05) is 0 Å². The van der Waals surface area contributed by atoms with Gasteiger partial charge in [-0.15, -0.1) is 23.2 Å². The Kier molecular flexibility index (Phi) is 20.6. The lowest BCUT2D eigenvalue weighted by atomic mass is 10.5. The van der Waals surface area contributed by atoms with Crippen molar-refractivity contribution < 1.29 is 30.0 Å². The maximum Gasteiger partial charge on any atom is 0.300 e. The molecule has 106 valence electrons. The van der Waals surface area contributed by atoms with E-state index in [0.717, 1.165) is 13.8 Å². The van der Waals surface area contributed by atoms with Crippen LogP contribution in [0.5, 0.6) is 0 Å². The molecule has 6 nitrogen and oxygen atoms in total. The zero-order valence-electron chi connectivity index (χ0n) is 9.93. The molecule has 0 rings (SSSR count). The predicted molar refractivity (Wildman–Crippen MR) is 70.1 cm³/mol. The lowest BCUT2D eigenvalue weighted by Crippen LogP contribution is -2.09. The third-order valence-electron chi connectivity index (χ3n) is 0.803. The van der Waals surface area contributed by atoms with E-state index in [4.69, 9.17) is 53.2 Å². The maximum absolute atomic E-state index is 9.00. The van der Waals surface area contributed by atoms with E-state index < -0.39 is 16.4 Å². The minimum absolute atomic E-state index is 0.0800. The van der Waals surface area contributed by atoms with E-state index >= 15 is 0 Å². The molecule has 0 aromatic rings. The Morgan fingerprint density at radius 1 is 1.17 bits per heavy atom. The molecule has 0 heterocycles. The highest BCUT2D eigenvalue weighted by Gasteiger charge is 2.04. The van der Waals surface area contributed by atoms with E-state index in [0.29, 0.717) is 5.20 Å². The van der Waals surface area contributed by atoms with Crippen molar-refractivity contribution in [2.45, 2.75) is 18.3 Å². The van der Waals surface area contributed by atoms with Crippen molar-refractivity contribution in [3.63, 3.8) is 0 Å². The van der Waals surface area contributed by atoms with Crippen molar-refractivity contribution in [1.82, 2.24) is 0 Å². The molecule has 0 unspecified atom stereocenters. The van der Waals surface area contributed by atoms with Gasteiger partial charge in [0, 0.05) is 13.8 Å². The number of hydrogen-bond acceptors (Lipinski definition) is 4. The third kappa shape index (κ3) is 45.3. The summed E-state index contributed by atoms with van der Waals surface area (Å²) >= 11 is 10.9. The standard InChI is InChI=1S/C5H8Cl2O2Si.2C2H4O2/c6-5(7)10-4(3-9)1-2-8;2*1-2(3)4/h1,5,8-9H,2-3H2;2*1H3,(H,3,4). The van der Waals surface area contributed by atoms with Crippen molar-refractivity contribution in [2.24, 2.45) is 0 Å². The number of carbonyl (C=O) groups is 2. The molecule has 0 aliphatic heterocycles. The van der Waals surface area contributed by atoms with Crippen LogP contribution in [0, 0.1) is 0 Å². The predicted octanol–water partition coefficient (Wildman–Crippen LogP) is 0.502. The average Bonchev–Trinajstić information content (AvgIpc) is 2.14. The highest BCUT2D eigenvalue weighted by Crippen LogP contribution is 2.03. The van der Waals surface area contributed by atoms with Crippen LogP contribution in [0.1, 0.15) is 13.8 Å². The Labute approximate surface area is 118 Å². The second-order valence-corrected chi connectivity index (χ2v) is 5.89. The first-order valence-electron chi connectivity index (χ1n) is 4.51. The van der Waals surface area contributed by atoms with Gasteiger partial charge in [0.15, 0.2) is 0 Å². The lowest BCUT2D eigenvalue weighted by Gasteiger charge is -2.00. The van der Waals surface area contributed by atoms with Gasteiger partial charge in [-0.1, -0.05) is 11.3 Å². The van der Waals surface area contributed by atoms with Gasteiger partial charge in [-0.2, -0.15) is 0 Å². The molecule has 18 heavy (non-hydrogen) atoms. The van der Waals surface area contributed by atoms with Gasteiger partial charge in [0.1, 0.15) is 9.52 Å². The summed E-state index contributed by atoms with van der Waals surface area (Å²) in [5.41, 5.74) is 0. The monoisotopic (exact) mass is 318 g/mol. The molecule has 0 aromatic heterocycles. The summed E-state index contributed by atoms with van der Waals surface area (Å²) in [6.45, 7) is 2.00. The number of alkyl halides is 2. The smallest absolute Gasteiger partial charge is 0.300 e. The van der Waals surface area contributed by atoms with Gasteiger partial charge in [-0.3, -0.25) is 9.59 Å². The molecular weight excluding hydrogens is 303 g/mol. The van der Waals surface area contributed by atoms with Crippen LogP contribution in [0.2, 0.25) is 0 Å². The molecule has 0 spiro atoms. The van der Waals surface area contributed by atoms with Gasteiger partial charge in [0.2, 0.25) is 0 Å². The van der Waals surface area contributed by atoms with Gasteiger partial charge in [0.25, 0.3) is 11.9 Å². The fourth-order valence-corrected chi connectivity index (χ4v) is 1.84. The number of carboxylic acids is 2. The number of aliphatic carboxylic acids is 2. The molecule has 0 aliphatic carbocycles. The summed E-state index contributed by atoms with van der Waals surface area (Å²) in [6, 6.07) is 0. The fourth-order valence-electron chi connectivity index (χ4n) is 0.419. The highest BCUT2D eigenvalue weighted by atomic mass is 35.5. The minimum atomic E-state index is -0.833. The van der Waals surface area contributed by atoms with Gasteiger partial charge in [0.05, 0.1) is 17.7 Å². The largest absolute Gasteiger partial charge is 0.481 e. The molecule has 0 aromatic carbocycles. The SMILES string of the molecule is CC(=O)O.CC(=O)O.OCC=C(CO)[Si]C(Cl)Cl. The summed E-state index contributed by atoms with van der Waals surface area (Å²) in [6.07, 6.45) is 1.51. The Morgan fingerprint density at radius 3 is 1.67 bits per heavy atom. The van der Waals surface area contributed by atoms with Crippen LogP contribution in [0.15, 0.2) is 11.3 Å². The highest BCUT2D eigenvalue weighted by molar-refractivity contribution is 6.72. The summed E-state index contributed by atoms with van der Waals surface area (Å²) < 4.78 is -0.482. The van der Waals surface area contributed by atoms with Gasteiger partial charge < -0.3 is 20.4 Å². The molecule has 0 fully saturated rings. The molecule has 0 saturated heterocycles. The Bertz CT molecular complexity index is 237. The quantitative estimate of drug-likeness (QED) is 0.443. The molecule has 4 N–H and O–H groups in total. The van der Waals surface area contributed by atoms with Gasteiger partial charge in [-0.25, -0.2) is 0 Å². The summed E-state index contributed by atoms with van der Waals surface area (Å²) in [7, 11) is 0.169. The second kappa shape index (κ2) is 16.4. The van der Waals surface area contributed by atoms with Crippen LogP contribution in [0.4, 0.5) is 0 Å². The number of hydrogen-bond donors (Lipinski definition) is 4.